The molecule has 2 rings (SSSR count). The van der Waals surface area contributed by atoms with Crippen molar-refractivity contribution in [3.05, 3.63) is 34.8 Å². The quantitative estimate of drug-likeness (QED) is 0.621. The minimum atomic E-state index is -0.487. The number of methoxy groups -OCH3 is 2. The van der Waals surface area contributed by atoms with Crippen LogP contribution in [0.1, 0.15) is 43.6 Å². The molecule has 1 aromatic rings. The van der Waals surface area contributed by atoms with Gasteiger partial charge in [-0.1, -0.05) is 6.08 Å². The number of ether oxygens (including phenoxy) is 2. The number of carbonyl (C=O) groups is 1. The molecule has 0 atom stereocenters. The highest BCUT2D eigenvalue weighted by Gasteiger charge is 2.52. The van der Waals surface area contributed by atoms with E-state index in [0.717, 1.165) is 11.0 Å². The first-order valence-corrected chi connectivity index (χ1v) is 8.62. The lowest BCUT2D eigenvalue weighted by Crippen LogP contribution is -2.41. The van der Waals surface area contributed by atoms with Crippen LogP contribution in [0.5, 0.6) is 5.75 Å². The van der Waals surface area contributed by atoms with Gasteiger partial charge >= 0.3 is 13.1 Å². The Morgan fingerprint density at radius 2 is 1.81 bits per heavy atom. The van der Waals surface area contributed by atoms with E-state index in [1.807, 2.05) is 40.8 Å². The zero-order chi connectivity index (χ0) is 19.5. The van der Waals surface area contributed by atoms with Gasteiger partial charge in [-0.2, -0.15) is 0 Å². The van der Waals surface area contributed by atoms with Crippen LogP contribution in [0.3, 0.4) is 0 Å². The molecule has 0 radical (unpaired) electrons. The first-order valence-electron chi connectivity index (χ1n) is 8.62. The van der Waals surface area contributed by atoms with Crippen LogP contribution in [-0.4, -0.2) is 52.1 Å². The zero-order valence-corrected chi connectivity index (χ0v) is 16.6. The molecule has 6 nitrogen and oxygen atoms in total. The third-order valence-corrected chi connectivity index (χ3v) is 4.93. The van der Waals surface area contributed by atoms with E-state index in [4.69, 9.17) is 18.8 Å². The van der Waals surface area contributed by atoms with Gasteiger partial charge in [0, 0.05) is 12.1 Å². The van der Waals surface area contributed by atoms with Crippen LogP contribution in [0.2, 0.25) is 0 Å². The minimum Gasteiger partial charge on any atom is -0.496 e. The van der Waals surface area contributed by atoms with Gasteiger partial charge < -0.3 is 24.1 Å². The molecule has 1 aliphatic heterocycles. The highest BCUT2D eigenvalue weighted by molar-refractivity contribution is 6.56. The number of nitrogens with one attached hydrogen (secondary N) is 1. The average molecular weight is 361 g/mol. The smallest absolute Gasteiger partial charge is 0.491 e. The summed E-state index contributed by atoms with van der Waals surface area (Å²) in [6.07, 6.45) is 1.93. The molecule has 1 aromatic carbocycles. The average Bonchev–Trinajstić information content (AvgIpc) is 2.81. The molecule has 1 saturated heterocycles. The second-order valence-electron chi connectivity index (χ2n) is 7.29. The molecule has 142 valence electrons. The van der Waals surface area contributed by atoms with Crippen molar-refractivity contribution in [2.24, 2.45) is 0 Å². The largest absolute Gasteiger partial charge is 0.496 e. The second-order valence-corrected chi connectivity index (χ2v) is 7.29. The Bertz CT molecular complexity index is 683. The highest BCUT2D eigenvalue weighted by atomic mass is 16.7. The van der Waals surface area contributed by atoms with Gasteiger partial charge in [-0.25, -0.2) is 4.79 Å². The van der Waals surface area contributed by atoms with E-state index in [2.05, 4.69) is 5.32 Å². The fourth-order valence-corrected chi connectivity index (χ4v) is 2.69. The number of benzene rings is 1. The van der Waals surface area contributed by atoms with Crippen molar-refractivity contribution in [2.75, 3.05) is 27.8 Å². The maximum atomic E-state index is 11.9. The van der Waals surface area contributed by atoms with E-state index in [-0.39, 0.29) is 0 Å². The second kappa shape index (κ2) is 7.82. The van der Waals surface area contributed by atoms with E-state index in [1.54, 1.807) is 25.3 Å². The van der Waals surface area contributed by atoms with Crippen molar-refractivity contribution in [1.29, 1.82) is 0 Å². The summed E-state index contributed by atoms with van der Waals surface area (Å²) in [7, 11) is 4.33. The summed E-state index contributed by atoms with van der Waals surface area (Å²) in [6.45, 7) is 8.64. The van der Waals surface area contributed by atoms with Gasteiger partial charge in [-0.3, -0.25) is 0 Å². The van der Waals surface area contributed by atoms with Gasteiger partial charge in [0.05, 0.1) is 31.0 Å². The zero-order valence-electron chi connectivity index (χ0n) is 16.6. The number of hydrogen-bond donors (Lipinski definition) is 1. The van der Waals surface area contributed by atoms with Crippen molar-refractivity contribution >= 4 is 19.2 Å². The molecule has 0 spiro atoms. The summed E-state index contributed by atoms with van der Waals surface area (Å²) in [5.74, 6) is 0.260. The minimum absolute atomic E-state index is 0.395. The maximum absolute atomic E-state index is 11.9. The Morgan fingerprint density at radius 3 is 2.31 bits per heavy atom. The van der Waals surface area contributed by atoms with E-state index in [9.17, 15) is 4.79 Å². The normalized spacial score (nSPS) is 18.7. The molecular formula is C19H28BNO5. The van der Waals surface area contributed by atoms with E-state index in [1.165, 1.54) is 7.11 Å². The Hall–Kier alpha value is -1.83. The lowest BCUT2D eigenvalue weighted by Gasteiger charge is -2.32. The van der Waals surface area contributed by atoms with Crippen molar-refractivity contribution in [1.82, 2.24) is 5.32 Å². The molecule has 7 heteroatoms. The number of esters is 1. The third-order valence-electron chi connectivity index (χ3n) is 4.93. The third kappa shape index (κ3) is 4.11. The molecule has 26 heavy (non-hydrogen) atoms. The fraction of sp³-hybridized carbons (Fsp3) is 0.526. The number of rotatable bonds is 6. The molecular weight excluding hydrogens is 333 g/mol. The predicted octanol–water partition coefficient (Wildman–Crippen LogP) is 2.72. The molecule has 0 saturated carbocycles. The predicted molar refractivity (Wildman–Crippen MR) is 102 cm³/mol. The van der Waals surface area contributed by atoms with Crippen LogP contribution in [-0.2, 0) is 14.0 Å². The summed E-state index contributed by atoms with van der Waals surface area (Å²) < 4.78 is 22.6. The van der Waals surface area contributed by atoms with E-state index in [0.29, 0.717) is 17.9 Å². The van der Waals surface area contributed by atoms with Crippen LogP contribution >= 0.6 is 0 Å². The van der Waals surface area contributed by atoms with Gasteiger partial charge in [0.1, 0.15) is 5.75 Å². The van der Waals surface area contributed by atoms with Gasteiger partial charge in [0.25, 0.3) is 0 Å². The van der Waals surface area contributed by atoms with Gasteiger partial charge in [-0.05, 0) is 58.4 Å². The molecule has 1 fully saturated rings. The number of likely N-dealkylation sites (N-methyl/N-ethyl adjacent to an activating group) is 1. The van der Waals surface area contributed by atoms with Gasteiger partial charge in [-0.15, -0.1) is 0 Å². The Kier molecular flexibility index (Phi) is 6.16. The maximum Gasteiger partial charge on any atom is 0.491 e. The Labute approximate surface area is 156 Å². The summed E-state index contributed by atoms with van der Waals surface area (Å²) in [4.78, 5) is 11.9. The van der Waals surface area contributed by atoms with E-state index < -0.39 is 24.3 Å². The van der Waals surface area contributed by atoms with Crippen LogP contribution in [0.4, 0.5) is 0 Å². The molecule has 0 aliphatic carbocycles. The molecule has 1 N–H and O–H groups in total. The Balaban J connectivity index is 2.44. The topological polar surface area (TPSA) is 66.0 Å². The molecule has 0 aromatic heterocycles. The van der Waals surface area contributed by atoms with Gasteiger partial charge in [0.2, 0.25) is 0 Å². The summed E-state index contributed by atoms with van der Waals surface area (Å²) >= 11 is 0. The van der Waals surface area contributed by atoms with Crippen molar-refractivity contribution in [2.45, 2.75) is 38.9 Å². The summed E-state index contributed by atoms with van der Waals surface area (Å²) in [5.41, 5.74) is 1.27. The van der Waals surface area contributed by atoms with Gasteiger partial charge in [0.15, 0.2) is 0 Å². The van der Waals surface area contributed by atoms with Crippen molar-refractivity contribution < 1.29 is 23.6 Å². The lowest BCUT2D eigenvalue weighted by atomic mass is 9.77. The SMILES string of the molecule is CNCC(=Cc1cc(C(=O)OC)ccc1OC)B1OC(C)(C)C(C)(C)O1. The first kappa shape index (κ1) is 20.5. The number of carbonyl (C=O) groups excluding carboxylic acids is 1. The molecule has 0 bridgehead atoms. The lowest BCUT2D eigenvalue weighted by molar-refractivity contribution is 0.00578. The van der Waals surface area contributed by atoms with Crippen LogP contribution in [0.15, 0.2) is 23.7 Å². The molecule has 1 aliphatic rings. The first-order chi connectivity index (χ1) is 12.1. The van der Waals surface area contributed by atoms with Crippen molar-refractivity contribution in [3.8, 4) is 5.75 Å². The van der Waals surface area contributed by atoms with Crippen LogP contribution in [0.25, 0.3) is 6.08 Å². The van der Waals surface area contributed by atoms with E-state index >= 15 is 0 Å². The monoisotopic (exact) mass is 361 g/mol. The molecule has 0 amide bonds. The van der Waals surface area contributed by atoms with Crippen LogP contribution < -0.4 is 10.1 Å². The highest BCUT2D eigenvalue weighted by Crippen LogP contribution is 2.39. The van der Waals surface area contributed by atoms with Crippen LogP contribution in [0, 0.1) is 0 Å². The summed E-state index contributed by atoms with van der Waals surface area (Å²) in [6, 6.07) is 5.17. The standard InChI is InChI=1S/C19H28BNO5/c1-18(2)19(3,4)26-20(25-18)15(12-21-5)11-14-10-13(17(22)24-7)8-9-16(14)23-6/h8-11,21H,12H2,1-7H3. The molecule has 1 heterocycles. The van der Waals surface area contributed by atoms with Crippen molar-refractivity contribution in [3.63, 3.8) is 0 Å². The number of hydrogen-bond acceptors (Lipinski definition) is 6. The fourth-order valence-electron chi connectivity index (χ4n) is 2.69. The molecule has 0 unspecified atom stereocenters. The summed E-state index contributed by atoms with van der Waals surface area (Å²) in [5, 5.41) is 3.14. The Morgan fingerprint density at radius 1 is 1.19 bits per heavy atom.